The van der Waals surface area contributed by atoms with Crippen molar-refractivity contribution in [3.63, 3.8) is 0 Å². The highest BCUT2D eigenvalue weighted by Gasteiger charge is 2.30. The molecule has 1 atom stereocenters. The number of carbonyl (C=O) groups excluding carboxylic acids is 2. The minimum atomic E-state index is -0.689. The molecule has 3 aromatic rings. The summed E-state index contributed by atoms with van der Waals surface area (Å²) in [5.41, 5.74) is 3.66. The Morgan fingerprint density at radius 3 is 2.28 bits per heavy atom. The smallest absolute Gasteiger partial charge is 0.242 e. The van der Waals surface area contributed by atoms with Crippen LogP contribution in [0, 0.1) is 6.92 Å². The first-order chi connectivity index (χ1) is 15.4. The third-order valence-corrected chi connectivity index (χ3v) is 6.06. The summed E-state index contributed by atoms with van der Waals surface area (Å²) in [4.78, 5) is 28.1. The van der Waals surface area contributed by atoms with Crippen molar-refractivity contribution >= 4 is 35.0 Å². The second-order valence-electron chi connectivity index (χ2n) is 7.68. The maximum Gasteiger partial charge on any atom is 0.242 e. The highest BCUT2D eigenvalue weighted by molar-refractivity contribution is 6.35. The lowest BCUT2D eigenvalue weighted by Gasteiger charge is -2.31. The van der Waals surface area contributed by atoms with Gasteiger partial charge in [-0.1, -0.05) is 83.9 Å². The summed E-state index contributed by atoms with van der Waals surface area (Å²) in [6, 6.07) is 21.9. The Balaban J connectivity index is 1.98. The molecule has 1 N–H and O–H groups in total. The van der Waals surface area contributed by atoms with Crippen molar-refractivity contribution in [1.82, 2.24) is 10.2 Å². The number of benzene rings is 3. The molecule has 2 amide bonds. The van der Waals surface area contributed by atoms with E-state index >= 15 is 0 Å². The molecular formula is C26H26Cl2N2O2. The van der Waals surface area contributed by atoms with E-state index in [-0.39, 0.29) is 24.8 Å². The van der Waals surface area contributed by atoms with E-state index in [9.17, 15) is 9.59 Å². The third kappa shape index (κ3) is 6.12. The van der Waals surface area contributed by atoms with Crippen LogP contribution in [0.15, 0.2) is 72.8 Å². The number of likely N-dealkylation sites (N-methyl/N-ethyl adjacent to an activating group) is 1. The monoisotopic (exact) mass is 468 g/mol. The van der Waals surface area contributed by atoms with Gasteiger partial charge in [0.2, 0.25) is 11.8 Å². The summed E-state index contributed by atoms with van der Waals surface area (Å²) in [7, 11) is 1.58. The van der Waals surface area contributed by atoms with Gasteiger partial charge in [0.05, 0.1) is 6.42 Å². The molecule has 0 aliphatic carbocycles. The lowest BCUT2D eigenvalue weighted by atomic mass is 10.0. The first-order valence-corrected chi connectivity index (χ1v) is 11.2. The van der Waals surface area contributed by atoms with Gasteiger partial charge in [-0.05, 0) is 41.3 Å². The van der Waals surface area contributed by atoms with E-state index in [0.29, 0.717) is 16.5 Å². The van der Waals surface area contributed by atoms with Crippen LogP contribution in [-0.2, 0) is 29.0 Å². The first kappa shape index (κ1) is 23.8. The van der Waals surface area contributed by atoms with Crippen molar-refractivity contribution in [2.75, 3.05) is 7.05 Å². The van der Waals surface area contributed by atoms with E-state index < -0.39 is 6.04 Å². The van der Waals surface area contributed by atoms with Crippen molar-refractivity contribution in [1.29, 1.82) is 0 Å². The van der Waals surface area contributed by atoms with Crippen LogP contribution in [0.5, 0.6) is 0 Å². The van der Waals surface area contributed by atoms with Crippen molar-refractivity contribution < 1.29 is 9.59 Å². The van der Waals surface area contributed by atoms with Crippen LogP contribution in [0.3, 0.4) is 0 Å². The second-order valence-corrected chi connectivity index (χ2v) is 8.52. The number of carbonyl (C=O) groups is 2. The van der Waals surface area contributed by atoms with Gasteiger partial charge in [-0.15, -0.1) is 0 Å². The van der Waals surface area contributed by atoms with Gasteiger partial charge in [0.1, 0.15) is 6.04 Å². The Kier molecular flexibility index (Phi) is 8.32. The average molecular weight is 469 g/mol. The molecule has 32 heavy (non-hydrogen) atoms. The Labute approximate surface area is 199 Å². The van der Waals surface area contributed by atoms with Gasteiger partial charge in [-0.25, -0.2) is 0 Å². The normalized spacial score (nSPS) is 11.6. The highest BCUT2D eigenvalue weighted by atomic mass is 35.5. The summed E-state index contributed by atoms with van der Waals surface area (Å²) < 4.78 is 0. The number of rotatable bonds is 8. The average Bonchev–Trinajstić information content (AvgIpc) is 2.79. The predicted octanol–water partition coefficient (Wildman–Crippen LogP) is 5.23. The first-order valence-electron chi connectivity index (χ1n) is 10.4. The van der Waals surface area contributed by atoms with Gasteiger partial charge in [-0.2, -0.15) is 0 Å². The molecule has 0 aromatic heterocycles. The molecule has 0 fully saturated rings. The predicted molar refractivity (Wildman–Crippen MR) is 130 cm³/mol. The molecule has 0 bridgehead atoms. The molecule has 0 aliphatic rings. The van der Waals surface area contributed by atoms with Crippen LogP contribution in [0.25, 0.3) is 0 Å². The molecule has 0 heterocycles. The summed E-state index contributed by atoms with van der Waals surface area (Å²) in [6.45, 7) is 2.18. The van der Waals surface area contributed by atoms with Gasteiger partial charge in [0.25, 0.3) is 0 Å². The molecule has 0 saturated carbocycles. The van der Waals surface area contributed by atoms with E-state index in [4.69, 9.17) is 23.2 Å². The lowest BCUT2D eigenvalue weighted by molar-refractivity contribution is -0.140. The number of halogens is 2. The number of nitrogens with zero attached hydrogens (tertiary/aromatic N) is 1. The van der Waals surface area contributed by atoms with Crippen molar-refractivity contribution in [3.8, 4) is 0 Å². The highest BCUT2D eigenvalue weighted by Crippen LogP contribution is 2.24. The molecule has 0 radical (unpaired) electrons. The van der Waals surface area contributed by atoms with Gasteiger partial charge in [0.15, 0.2) is 0 Å². The SMILES string of the molecule is CNC(=O)[C@H](Cc1ccccc1)N(Cc1ccc(Cl)cc1Cl)C(=O)Cc1ccccc1C. The molecule has 6 heteroatoms. The number of nitrogens with one attached hydrogen (secondary N) is 1. The zero-order valence-electron chi connectivity index (χ0n) is 18.1. The van der Waals surface area contributed by atoms with Crippen LogP contribution < -0.4 is 5.32 Å². The second kappa shape index (κ2) is 11.2. The number of aryl methyl sites for hydroxylation is 1. The van der Waals surface area contributed by atoms with Gasteiger partial charge in [-0.3, -0.25) is 9.59 Å². The van der Waals surface area contributed by atoms with Crippen LogP contribution in [-0.4, -0.2) is 29.8 Å². The molecule has 0 spiro atoms. The number of hydrogen-bond acceptors (Lipinski definition) is 2. The minimum Gasteiger partial charge on any atom is -0.357 e. The fraction of sp³-hybridized carbons (Fsp3) is 0.231. The largest absolute Gasteiger partial charge is 0.357 e. The zero-order valence-corrected chi connectivity index (χ0v) is 19.7. The fourth-order valence-corrected chi connectivity index (χ4v) is 4.10. The van der Waals surface area contributed by atoms with E-state index in [0.717, 1.165) is 22.3 Å². The summed E-state index contributed by atoms with van der Waals surface area (Å²) in [6.07, 6.45) is 0.589. The van der Waals surface area contributed by atoms with Crippen LogP contribution in [0.2, 0.25) is 10.0 Å². The molecule has 0 unspecified atom stereocenters. The van der Waals surface area contributed by atoms with Gasteiger partial charge < -0.3 is 10.2 Å². The number of hydrogen-bond donors (Lipinski definition) is 1. The third-order valence-electron chi connectivity index (χ3n) is 5.48. The van der Waals surface area contributed by atoms with Gasteiger partial charge >= 0.3 is 0 Å². The van der Waals surface area contributed by atoms with E-state index in [1.165, 1.54) is 0 Å². The lowest BCUT2D eigenvalue weighted by Crippen LogP contribution is -2.50. The summed E-state index contributed by atoms with van der Waals surface area (Å²) in [5.74, 6) is -0.369. The van der Waals surface area contributed by atoms with Crippen LogP contribution >= 0.6 is 23.2 Å². The molecule has 0 saturated heterocycles. The van der Waals surface area contributed by atoms with Crippen LogP contribution in [0.1, 0.15) is 22.3 Å². The van der Waals surface area contributed by atoms with Gasteiger partial charge in [0, 0.05) is 30.1 Å². The Morgan fingerprint density at radius 1 is 0.938 bits per heavy atom. The summed E-state index contributed by atoms with van der Waals surface area (Å²) >= 11 is 12.5. The topological polar surface area (TPSA) is 49.4 Å². The van der Waals surface area contributed by atoms with E-state index in [1.807, 2.05) is 61.5 Å². The molecule has 4 nitrogen and oxygen atoms in total. The van der Waals surface area contributed by atoms with Crippen LogP contribution in [0.4, 0.5) is 0 Å². The maximum absolute atomic E-state index is 13.6. The zero-order chi connectivity index (χ0) is 23.1. The van der Waals surface area contributed by atoms with Crippen molar-refractivity contribution in [2.45, 2.75) is 32.4 Å². The maximum atomic E-state index is 13.6. The molecule has 166 valence electrons. The molecule has 3 aromatic carbocycles. The van der Waals surface area contributed by atoms with E-state index in [1.54, 1.807) is 30.1 Å². The summed E-state index contributed by atoms with van der Waals surface area (Å²) in [5, 5.41) is 3.70. The molecule has 0 aliphatic heterocycles. The Hall–Kier alpha value is -2.82. The fourth-order valence-electron chi connectivity index (χ4n) is 3.63. The van der Waals surface area contributed by atoms with Crippen molar-refractivity contribution in [3.05, 3.63) is 105 Å². The van der Waals surface area contributed by atoms with E-state index in [2.05, 4.69) is 5.32 Å². The minimum absolute atomic E-state index is 0.144. The molecular weight excluding hydrogens is 443 g/mol. The van der Waals surface area contributed by atoms with Crippen molar-refractivity contribution in [2.24, 2.45) is 0 Å². The Morgan fingerprint density at radius 2 is 1.62 bits per heavy atom. The standard InChI is InChI=1S/C26H26Cl2N2O2/c1-18-8-6-7-11-20(18)15-25(31)30(17-21-12-13-22(27)16-23(21)28)24(26(32)29-2)14-19-9-4-3-5-10-19/h3-13,16,24H,14-15,17H2,1-2H3,(H,29,32)/t24-/m0/s1. The Bertz CT molecular complexity index is 1090. The number of amides is 2. The molecule has 3 rings (SSSR count). The quantitative estimate of drug-likeness (QED) is 0.491.